The third-order valence-corrected chi connectivity index (χ3v) is 4.86. The molecule has 140 valence electrons. The van der Waals surface area contributed by atoms with Gasteiger partial charge >= 0.3 is 0 Å². The first-order valence-corrected chi connectivity index (χ1v) is 9.00. The topological polar surface area (TPSA) is 77.6 Å². The number of anilines is 1. The molecule has 3 heterocycles. The molecule has 0 amide bonds. The van der Waals surface area contributed by atoms with Gasteiger partial charge in [-0.2, -0.15) is 0 Å². The van der Waals surface area contributed by atoms with E-state index < -0.39 is 0 Å². The first-order chi connectivity index (χ1) is 13.4. The summed E-state index contributed by atoms with van der Waals surface area (Å²) in [7, 11) is 0. The van der Waals surface area contributed by atoms with Gasteiger partial charge in [-0.15, -0.1) is 0 Å². The molecule has 5 nitrogen and oxygen atoms in total. The zero-order valence-electron chi connectivity index (χ0n) is 15.7. The molecule has 0 aliphatic carbocycles. The van der Waals surface area contributed by atoms with Gasteiger partial charge in [-0.3, -0.25) is 9.97 Å². The minimum Gasteiger partial charge on any atom is -0.383 e. The fourth-order valence-corrected chi connectivity index (χ4v) is 3.46. The Morgan fingerprint density at radius 2 is 1.64 bits per heavy atom. The molecule has 2 N–H and O–H groups in total. The lowest BCUT2D eigenvalue weighted by Gasteiger charge is -2.27. The summed E-state index contributed by atoms with van der Waals surface area (Å²) in [5, 5.41) is 0.805. The van der Waals surface area contributed by atoms with Crippen molar-refractivity contribution in [3.63, 3.8) is 0 Å². The molecular formula is C22H20FN5. The molecule has 0 aliphatic rings. The minimum absolute atomic E-state index is 0.241. The van der Waals surface area contributed by atoms with Crippen LogP contribution in [0.3, 0.4) is 0 Å². The van der Waals surface area contributed by atoms with Gasteiger partial charge in [-0.05, 0) is 47.2 Å². The number of benzene rings is 1. The third-order valence-electron chi connectivity index (χ3n) is 4.86. The van der Waals surface area contributed by atoms with E-state index in [0.717, 1.165) is 22.1 Å². The van der Waals surface area contributed by atoms with Gasteiger partial charge in [0.1, 0.15) is 11.6 Å². The number of halogens is 1. The SMILES string of the molecule is CC(C)(Cc1ccc(F)cc1)c1cncc2nc(-c3ccncc3)nc(N)c12. The fraction of sp³-hybridized carbons (Fsp3) is 0.182. The van der Waals surface area contributed by atoms with Crippen LogP contribution in [-0.4, -0.2) is 19.9 Å². The van der Waals surface area contributed by atoms with Gasteiger partial charge in [0.2, 0.25) is 0 Å². The lowest BCUT2D eigenvalue weighted by Crippen LogP contribution is -2.22. The number of hydrogen-bond donors (Lipinski definition) is 1. The van der Waals surface area contributed by atoms with Crippen LogP contribution in [0.25, 0.3) is 22.3 Å². The standard InChI is InChI=1S/C22H20FN5/c1-22(2,11-14-3-5-16(23)6-4-14)17-12-26-13-18-19(17)20(24)28-21(27-18)15-7-9-25-10-8-15/h3-10,12-13H,11H2,1-2H3,(H2,24,27,28). The molecule has 3 aromatic heterocycles. The molecular weight excluding hydrogens is 353 g/mol. The normalized spacial score (nSPS) is 11.7. The van der Waals surface area contributed by atoms with Gasteiger partial charge in [0.05, 0.1) is 11.7 Å². The smallest absolute Gasteiger partial charge is 0.162 e. The second-order valence-corrected chi connectivity index (χ2v) is 7.44. The molecule has 0 saturated carbocycles. The Hall–Kier alpha value is -3.41. The highest BCUT2D eigenvalue weighted by Gasteiger charge is 2.26. The number of nitrogens with two attached hydrogens (primary N) is 1. The Labute approximate surface area is 162 Å². The Morgan fingerprint density at radius 3 is 2.36 bits per heavy atom. The Bertz CT molecular complexity index is 1120. The van der Waals surface area contributed by atoms with Gasteiger partial charge < -0.3 is 5.73 Å². The van der Waals surface area contributed by atoms with E-state index in [2.05, 4.69) is 33.8 Å². The van der Waals surface area contributed by atoms with Crippen molar-refractivity contribution in [3.05, 3.63) is 78.1 Å². The van der Waals surface area contributed by atoms with Gasteiger partial charge in [-0.1, -0.05) is 26.0 Å². The van der Waals surface area contributed by atoms with E-state index in [4.69, 9.17) is 5.73 Å². The Morgan fingerprint density at radius 1 is 0.929 bits per heavy atom. The van der Waals surface area contributed by atoms with Crippen molar-refractivity contribution in [3.8, 4) is 11.4 Å². The Kier molecular flexibility index (Phi) is 4.47. The molecule has 1 aromatic carbocycles. The van der Waals surface area contributed by atoms with Crippen LogP contribution in [0.2, 0.25) is 0 Å². The molecule has 4 aromatic rings. The number of hydrogen-bond acceptors (Lipinski definition) is 5. The van der Waals surface area contributed by atoms with E-state index in [1.54, 1.807) is 30.7 Å². The maximum Gasteiger partial charge on any atom is 0.162 e. The van der Waals surface area contributed by atoms with E-state index >= 15 is 0 Å². The molecule has 0 spiro atoms. The quantitative estimate of drug-likeness (QED) is 0.576. The summed E-state index contributed by atoms with van der Waals surface area (Å²) in [5.41, 5.74) is 9.62. The van der Waals surface area contributed by atoms with Crippen LogP contribution in [0.5, 0.6) is 0 Å². The molecule has 4 rings (SSSR count). The molecule has 6 heteroatoms. The number of nitrogens with zero attached hydrogens (tertiary/aromatic N) is 4. The fourth-order valence-electron chi connectivity index (χ4n) is 3.46. The van der Waals surface area contributed by atoms with Gasteiger partial charge in [-0.25, -0.2) is 14.4 Å². The largest absolute Gasteiger partial charge is 0.383 e. The van der Waals surface area contributed by atoms with Crippen molar-refractivity contribution in [1.82, 2.24) is 19.9 Å². The van der Waals surface area contributed by atoms with Crippen molar-refractivity contribution in [2.24, 2.45) is 0 Å². The highest BCUT2D eigenvalue weighted by molar-refractivity contribution is 5.92. The molecule has 0 aliphatic heterocycles. The molecule has 0 bridgehead atoms. The summed E-state index contributed by atoms with van der Waals surface area (Å²) in [5.74, 6) is 0.721. The summed E-state index contributed by atoms with van der Waals surface area (Å²) >= 11 is 0. The van der Waals surface area contributed by atoms with Gasteiger partial charge in [0, 0.05) is 29.5 Å². The van der Waals surface area contributed by atoms with E-state index in [1.165, 1.54) is 12.1 Å². The third kappa shape index (κ3) is 3.41. The molecule has 0 atom stereocenters. The van der Waals surface area contributed by atoms with Crippen LogP contribution >= 0.6 is 0 Å². The van der Waals surface area contributed by atoms with E-state index in [1.807, 2.05) is 18.3 Å². The average Bonchev–Trinajstić information content (AvgIpc) is 2.70. The first kappa shape index (κ1) is 18.0. The number of nitrogen functional groups attached to an aromatic ring is 1. The first-order valence-electron chi connectivity index (χ1n) is 9.00. The number of aromatic nitrogens is 4. The Balaban J connectivity index is 1.80. The second kappa shape index (κ2) is 6.96. The summed E-state index contributed by atoms with van der Waals surface area (Å²) in [4.78, 5) is 17.6. The molecule has 0 unspecified atom stereocenters. The zero-order chi connectivity index (χ0) is 19.7. The summed E-state index contributed by atoms with van der Waals surface area (Å²) < 4.78 is 13.2. The van der Waals surface area contributed by atoms with Crippen molar-refractivity contribution >= 4 is 16.7 Å². The van der Waals surface area contributed by atoms with Gasteiger partial charge in [0.25, 0.3) is 0 Å². The molecule has 0 fully saturated rings. The maximum absolute atomic E-state index is 13.2. The predicted octanol–water partition coefficient (Wildman–Crippen LogP) is 4.33. The zero-order valence-corrected chi connectivity index (χ0v) is 15.7. The number of rotatable bonds is 4. The summed E-state index contributed by atoms with van der Waals surface area (Å²) in [6.45, 7) is 4.23. The highest BCUT2D eigenvalue weighted by atomic mass is 19.1. The lowest BCUT2D eigenvalue weighted by atomic mass is 9.78. The van der Waals surface area contributed by atoms with E-state index in [9.17, 15) is 4.39 Å². The van der Waals surface area contributed by atoms with Crippen molar-refractivity contribution in [1.29, 1.82) is 0 Å². The van der Waals surface area contributed by atoms with Crippen molar-refractivity contribution in [2.45, 2.75) is 25.7 Å². The second-order valence-electron chi connectivity index (χ2n) is 7.44. The van der Waals surface area contributed by atoms with Crippen molar-refractivity contribution < 1.29 is 4.39 Å². The van der Waals surface area contributed by atoms with Gasteiger partial charge in [0.15, 0.2) is 5.82 Å². The lowest BCUT2D eigenvalue weighted by molar-refractivity contribution is 0.524. The highest BCUT2D eigenvalue weighted by Crippen LogP contribution is 2.35. The number of pyridine rings is 2. The monoisotopic (exact) mass is 373 g/mol. The van der Waals surface area contributed by atoms with Crippen LogP contribution < -0.4 is 5.73 Å². The molecule has 28 heavy (non-hydrogen) atoms. The summed E-state index contributed by atoms with van der Waals surface area (Å²) in [6, 6.07) is 10.2. The average molecular weight is 373 g/mol. The van der Waals surface area contributed by atoms with Crippen molar-refractivity contribution in [2.75, 3.05) is 5.73 Å². The predicted molar refractivity (Wildman–Crippen MR) is 108 cm³/mol. The van der Waals surface area contributed by atoms with Crippen LogP contribution in [0, 0.1) is 5.82 Å². The van der Waals surface area contributed by atoms with Crippen LogP contribution in [-0.2, 0) is 11.8 Å². The number of fused-ring (bicyclic) bond motifs is 1. The van der Waals surface area contributed by atoms with E-state index in [-0.39, 0.29) is 11.2 Å². The maximum atomic E-state index is 13.2. The van der Waals surface area contributed by atoms with Crippen LogP contribution in [0.1, 0.15) is 25.0 Å². The minimum atomic E-state index is -0.292. The summed E-state index contributed by atoms with van der Waals surface area (Å²) in [6.07, 6.45) is 7.62. The molecule has 0 radical (unpaired) electrons. The van der Waals surface area contributed by atoms with Crippen LogP contribution in [0.15, 0.2) is 61.2 Å². The molecule has 0 saturated heterocycles. The van der Waals surface area contributed by atoms with E-state index in [0.29, 0.717) is 23.6 Å². The van der Waals surface area contributed by atoms with Crippen LogP contribution in [0.4, 0.5) is 10.2 Å².